The van der Waals surface area contributed by atoms with Gasteiger partial charge in [0.1, 0.15) is 11.7 Å². The molecule has 11 nitrogen and oxygen atoms in total. The molecule has 5 heterocycles. The molecule has 3 aliphatic rings. The van der Waals surface area contributed by atoms with E-state index in [9.17, 15) is 14.7 Å². The van der Waals surface area contributed by atoms with Crippen LogP contribution in [0.2, 0.25) is 0 Å². The number of piperidine rings is 2. The van der Waals surface area contributed by atoms with Gasteiger partial charge >= 0.3 is 6.03 Å². The molecule has 2 amide bonds. The number of benzene rings is 1. The normalized spacial score (nSPS) is 21.7. The molecule has 0 spiro atoms. The summed E-state index contributed by atoms with van der Waals surface area (Å²) in [5.74, 6) is 0. The van der Waals surface area contributed by atoms with Crippen molar-refractivity contribution in [1.82, 2.24) is 34.0 Å². The van der Waals surface area contributed by atoms with E-state index in [4.69, 9.17) is 0 Å². The quantitative estimate of drug-likeness (QED) is 0.544. The Labute approximate surface area is 228 Å². The van der Waals surface area contributed by atoms with Gasteiger partial charge in [-0.3, -0.25) is 14.3 Å². The van der Waals surface area contributed by atoms with Crippen LogP contribution < -0.4 is 10.5 Å². The number of anilines is 1. The number of carbonyl (C=O) groups excluding carboxylic acids is 1. The number of fused-ring (bicyclic) bond motifs is 2. The van der Waals surface area contributed by atoms with Gasteiger partial charge in [-0.1, -0.05) is 6.42 Å². The highest BCUT2D eigenvalue weighted by molar-refractivity contribution is 5.75. The number of nitrogens with zero attached hydrogens (tertiary/aromatic N) is 8. The maximum absolute atomic E-state index is 13.3. The molecule has 0 unspecified atom stereocenters. The van der Waals surface area contributed by atoms with Crippen LogP contribution in [0.15, 0.2) is 41.6 Å². The Balaban J connectivity index is 1.16. The van der Waals surface area contributed by atoms with E-state index in [1.54, 1.807) is 29.9 Å². The molecule has 39 heavy (non-hydrogen) atoms. The number of amides is 2. The first kappa shape index (κ1) is 25.8. The lowest BCUT2D eigenvalue weighted by molar-refractivity contribution is -0.0282. The number of hydrogen-bond acceptors (Lipinski definition) is 7. The Morgan fingerprint density at radius 3 is 2.54 bits per heavy atom. The molecule has 3 aromatic rings. The van der Waals surface area contributed by atoms with Gasteiger partial charge in [0.2, 0.25) is 0 Å². The van der Waals surface area contributed by atoms with Crippen LogP contribution in [0, 0.1) is 0 Å². The van der Waals surface area contributed by atoms with Crippen molar-refractivity contribution in [2.24, 2.45) is 0 Å². The van der Waals surface area contributed by atoms with Crippen molar-refractivity contribution in [1.29, 1.82) is 0 Å². The third-order valence-corrected chi connectivity index (χ3v) is 8.66. The highest BCUT2D eigenvalue weighted by Gasteiger charge is 2.35. The van der Waals surface area contributed by atoms with Crippen LogP contribution in [0.5, 0.6) is 0 Å². The zero-order chi connectivity index (χ0) is 27.1. The molecule has 208 valence electrons. The van der Waals surface area contributed by atoms with E-state index in [1.165, 1.54) is 47.3 Å². The second-order valence-electron chi connectivity index (χ2n) is 11.5. The molecule has 0 bridgehead atoms. The number of urea groups is 1. The second-order valence-corrected chi connectivity index (χ2v) is 11.5. The number of likely N-dealkylation sites (tertiary alicyclic amines) is 1. The van der Waals surface area contributed by atoms with Crippen molar-refractivity contribution in [3.05, 3.63) is 47.1 Å². The van der Waals surface area contributed by atoms with E-state index in [2.05, 4.69) is 32.0 Å². The van der Waals surface area contributed by atoms with Crippen molar-refractivity contribution >= 4 is 22.8 Å². The van der Waals surface area contributed by atoms with Crippen molar-refractivity contribution < 1.29 is 9.90 Å². The van der Waals surface area contributed by atoms with Crippen LogP contribution in [0.1, 0.15) is 32.1 Å². The summed E-state index contributed by atoms with van der Waals surface area (Å²) in [6.45, 7) is 5.49. The van der Waals surface area contributed by atoms with Gasteiger partial charge in [0.15, 0.2) is 5.65 Å². The third kappa shape index (κ3) is 5.00. The zero-order valence-corrected chi connectivity index (χ0v) is 22.9. The number of carbonyl (C=O) groups is 1. The van der Waals surface area contributed by atoms with E-state index in [-0.39, 0.29) is 18.1 Å². The highest BCUT2D eigenvalue weighted by atomic mass is 16.3. The van der Waals surface area contributed by atoms with Gasteiger partial charge in [-0.2, -0.15) is 5.10 Å². The maximum atomic E-state index is 13.3. The summed E-state index contributed by atoms with van der Waals surface area (Å²) in [7, 11) is 3.44. The second kappa shape index (κ2) is 10.3. The van der Waals surface area contributed by atoms with E-state index < -0.39 is 5.60 Å². The first-order valence-electron chi connectivity index (χ1n) is 14.0. The third-order valence-electron chi connectivity index (χ3n) is 8.66. The first-order valence-corrected chi connectivity index (χ1v) is 14.0. The van der Waals surface area contributed by atoms with Crippen LogP contribution in [0.3, 0.4) is 0 Å². The SMILES string of the molecule is CN(C)C(=O)N1CCC(O)(Cn2cnc3c(cnn3-c3ccc(N4CCN5CCCC[C@H]5C4)cc3)c2=O)CC1. The molecule has 1 N–H and O–H groups in total. The minimum atomic E-state index is -1.07. The zero-order valence-electron chi connectivity index (χ0n) is 22.9. The number of aromatic nitrogens is 4. The summed E-state index contributed by atoms with van der Waals surface area (Å²) in [6, 6.07) is 8.92. The highest BCUT2D eigenvalue weighted by Crippen LogP contribution is 2.27. The molecule has 3 saturated heterocycles. The predicted octanol–water partition coefficient (Wildman–Crippen LogP) is 1.77. The Bertz CT molecular complexity index is 1390. The molecule has 0 aliphatic carbocycles. The van der Waals surface area contributed by atoms with E-state index in [0.717, 1.165) is 25.3 Å². The van der Waals surface area contributed by atoms with Gasteiger partial charge < -0.3 is 19.8 Å². The fraction of sp³-hybridized carbons (Fsp3) is 0.571. The lowest BCUT2D eigenvalue weighted by Crippen LogP contribution is -2.54. The smallest absolute Gasteiger partial charge is 0.319 e. The molecule has 11 heteroatoms. The Kier molecular flexibility index (Phi) is 6.80. The van der Waals surface area contributed by atoms with E-state index in [1.807, 2.05) is 12.1 Å². The molecule has 3 fully saturated rings. The van der Waals surface area contributed by atoms with Gasteiger partial charge in [-0.25, -0.2) is 14.5 Å². The van der Waals surface area contributed by atoms with Crippen molar-refractivity contribution in [2.45, 2.75) is 50.3 Å². The lowest BCUT2D eigenvalue weighted by Gasteiger charge is -2.45. The molecule has 0 radical (unpaired) electrons. The molecule has 3 aliphatic heterocycles. The first-order chi connectivity index (χ1) is 18.8. The largest absolute Gasteiger partial charge is 0.388 e. The van der Waals surface area contributed by atoms with Crippen LogP contribution in [-0.4, -0.2) is 110 Å². The molecule has 6 rings (SSSR count). The van der Waals surface area contributed by atoms with Gasteiger partial charge in [0, 0.05) is 58.5 Å². The standard InChI is InChI=1S/C28H38N8O3/c1-31(2)27(38)33-13-10-28(39,11-14-33)19-35-20-29-25-24(26(35)37)17-30-36(25)22-8-6-21(7-9-22)34-16-15-32-12-4-3-5-23(32)18-34/h6-9,17,20,23,39H,3-5,10-16,18-19H2,1-2H3/t23-/m0/s1. The van der Waals surface area contributed by atoms with Gasteiger partial charge in [0.05, 0.1) is 24.0 Å². The number of piperazine rings is 1. The van der Waals surface area contributed by atoms with Crippen LogP contribution in [0.4, 0.5) is 10.5 Å². The summed E-state index contributed by atoms with van der Waals surface area (Å²) in [4.78, 5) is 38.5. The summed E-state index contributed by atoms with van der Waals surface area (Å²) in [5, 5.41) is 16.1. The maximum Gasteiger partial charge on any atom is 0.319 e. The van der Waals surface area contributed by atoms with E-state index in [0.29, 0.717) is 43.0 Å². The Morgan fingerprint density at radius 1 is 1.05 bits per heavy atom. The predicted molar refractivity (Wildman–Crippen MR) is 149 cm³/mol. The summed E-state index contributed by atoms with van der Waals surface area (Å²) < 4.78 is 3.16. The van der Waals surface area contributed by atoms with Gasteiger partial charge in [-0.15, -0.1) is 0 Å². The summed E-state index contributed by atoms with van der Waals surface area (Å²) >= 11 is 0. The summed E-state index contributed by atoms with van der Waals surface area (Å²) in [6.07, 6.45) is 7.78. The van der Waals surface area contributed by atoms with Crippen LogP contribution in [0.25, 0.3) is 16.7 Å². The van der Waals surface area contributed by atoms with Crippen molar-refractivity contribution in [3.63, 3.8) is 0 Å². The number of rotatable bonds is 4. The minimum absolute atomic E-state index is 0.0652. The number of aliphatic hydroxyl groups is 1. The lowest BCUT2D eigenvalue weighted by atomic mass is 9.91. The van der Waals surface area contributed by atoms with Crippen LogP contribution in [-0.2, 0) is 6.54 Å². The number of hydrogen-bond donors (Lipinski definition) is 1. The average molecular weight is 535 g/mol. The fourth-order valence-corrected chi connectivity index (χ4v) is 6.32. The average Bonchev–Trinajstić information content (AvgIpc) is 3.39. The monoisotopic (exact) mass is 534 g/mol. The minimum Gasteiger partial charge on any atom is -0.388 e. The molecular formula is C28H38N8O3. The fourth-order valence-electron chi connectivity index (χ4n) is 6.32. The topological polar surface area (TPSA) is 103 Å². The van der Waals surface area contributed by atoms with Gasteiger partial charge in [0.25, 0.3) is 5.56 Å². The Hall–Kier alpha value is -3.44. The van der Waals surface area contributed by atoms with Crippen LogP contribution >= 0.6 is 0 Å². The van der Waals surface area contributed by atoms with Crippen molar-refractivity contribution in [2.75, 3.05) is 58.3 Å². The van der Waals surface area contributed by atoms with Crippen molar-refractivity contribution in [3.8, 4) is 5.69 Å². The summed E-state index contributed by atoms with van der Waals surface area (Å²) in [5.41, 5.74) is 1.26. The Morgan fingerprint density at radius 2 is 1.79 bits per heavy atom. The molecular weight excluding hydrogens is 496 g/mol. The molecule has 1 atom stereocenters. The van der Waals surface area contributed by atoms with E-state index >= 15 is 0 Å². The van der Waals surface area contributed by atoms with Gasteiger partial charge in [-0.05, 0) is 56.5 Å². The molecule has 1 aromatic carbocycles. The molecule has 2 aromatic heterocycles. The molecule has 0 saturated carbocycles.